The first-order valence-corrected chi connectivity index (χ1v) is 4.22. The molecule has 76 valence electrons. The van der Waals surface area contributed by atoms with E-state index in [1.165, 1.54) is 0 Å². The van der Waals surface area contributed by atoms with Gasteiger partial charge in [0.15, 0.2) is 0 Å². The lowest BCUT2D eigenvalue weighted by Gasteiger charge is -2.07. The van der Waals surface area contributed by atoms with Crippen molar-refractivity contribution in [1.29, 1.82) is 0 Å². The lowest BCUT2D eigenvalue weighted by Crippen LogP contribution is -2.34. The van der Waals surface area contributed by atoms with Gasteiger partial charge in [-0.05, 0) is 12.8 Å². The summed E-state index contributed by atoms with van der Waals surface area (Å²) >= 11 is 0. The van der Waals surface area contributed by atoms with Crippen LogP contribution in [0.5, 0.6) is 0 Å². The lowest BCUT2D eigenvalue weighted by atomic mass is 10.2. The summed E-state index contributed by atoms with van der Waals surface area (Å²) in [4.78, 5) is 21.7. The molecule has 0 aromatic heterocycles. The summed E-state index contributed by atoms with van der Waals surface area (Å²) in [5, 5.41) is 8.45. The van der Waals surface area contributed by atoms with E-state index in [1.54, 1.807) is 6.92 Å². The minimum atomic E-state index is -0.911. The maximum atomic E-state index is 10.9. The molecule has 0 spiro atoms. The van der Waals surface area contributed by atoms with Gasteiger partial charge in [0, 0.05) is 13.0 Å². The molecule has 13 heavy (non-hydrogen) atoms. The fourth-order valence-electron chi connectivity index (χ4n) is 0.700. The minimum Gasteiger partial charge on any atom is -0.396 e. The highest BCUT2D eigenvalue weighted by Crippen LogP contribution is 1.96. The van der Waals surface area contributed by atoms with Crippen molar-refractivity contribution in [1.82, 2.24) is 0 Å². The van der Waals surface area contributed by atoms with Crippen molar-refractivity contribution in [2.75, 3.05) is 6.61 Å². The smallest absolute Gasteiger partial charge is 0.330 e. The summed E-state index contributed by atoms with van der Waals surface area (Å²) in [5.74, 6) is -1.34. The van der Waals surface area contributed by atoms with E-state index in [-0.39, 0.29) is 19.4 Å². The Labute approximate surface area is 76.9 Å². The molecule has 0 aromatic carbocycles. The molecule has 3 N–H and O–H groups in total. The topological polar surface area (TPSA) is 89.6 Å². The summed E-state index contributed by atoms with van der Waals surface area (Å²) < 4.78 is 4.39. The number of carbonyl (C=O) groups excluding carboxylic acids is 2. The number of esters is 2. The summed E-state index contributed by atoms with van der Waals surface area (Å²) in [6.45, 7) is 1.61. The third kappa shape index (κ3) is 5.32. The molecule has 0 radical (unpaired) electrons. The van der Waals surface area contributed by atoms with Gasteiger partial charge in [0.1, 0.15) is 6.04 Å². The molecule has 0 aliphatic carbocycles. The van der Waals surface area contributed by atoms with Gasteiger partial charge in [0.05, 0.1) is 0 Å². The molecule has 0 saturated heterocycles. The van der Waals surface area contributed by atoms with E-state index in [1.807, 2.05) is 0 Å². The summed E-state index contributed by atoms with van der Waals surface area (Å²) in [6.07, 6.45) is 0.942. The SMILES string of the molecule is CCCC(=O)OC(=O)[C@@H](N)CCO. The van der Waals surface area contributed by atoms with Gasteiger partial charge in [-0.1, -0.05) is 6.92 Å². The van der Waals surface area contributed by atoms with Crippen LogP contribution >= 0.6 is 0 Å². The number of aliphatic hydroxyl groups is 1. The largest absolute Gasteiger partial charge is 0.396 e. The predicted molar refractivity (Wildman–Crippen MR) is 45.7 cm³/mol. The fourth-order valence-corrected chi connectivity index (χ4v) is 0.700. The van der Waals surface area contributed by atoms with E-state index in [0.717, 1.165) is 0 Å². The Morgan fingerprint density at radius 1 is 1.54 bits per heavy atom. The second kappa shape index (κ2) is 6.56. The molecule has 0 aliphatic heterocycles. The van der Waals surface area contributed by atoms with Crippen LogP contribution in [0, 0.1) is 0 Å². The van der Waals surface area contributed by atoms with E-state index in [4.69, 9.17) is 10.8 Å². The molecule has 0 aliphatic rings. The van der Waals surface area contributed by atoms with Gasteiger partial charge >= 0.3 is 11.9 Å². The van der Waals surface area contributed by atoms with Crippen molar-refractivity contribution in [3.63, 3.8) is 0 Å². The monoisotopic (exact) mass is 189 g/mol. The number of carbonyl (C=O) groups is 2. The summed E-state index contributed by atoms with van der Waals surface area (Å²) in [6, 6.07) is -0.911. The second-order valence-electron chi connectivity index (χ2n) is 2.66. The van der Waals surface area contributed by atoms with Crippen molar-refractivity contribution in [2.45, 2.75) is 32.2 Å². The van der Waals surface area contributed by atoms with Gasteiger partial charge in [0.2, 0.25) is 0 Å². The van der Waals surface area contributed by atoms with Crippen LogP contribution in [0.15, 0.2) is 0 Å². The van der Waals surface area contributed by atoms with E-state index >= 15 is 0 Å². The molecule has 5 heteroatoms. The normalized spacial score (nSPS) is 12.2. The Hall–Kier alpha value is -0.940. The molecule has 0 amide bonds. The first-order chi connectivity index (χ1) is 6.11. The average molecular weight is 189 g/mol. The standard InChI is InChI=1S/C8H15NO4/c1-2-3-7(11)13-8(12)6(9)4-5-10/h6,10H,2-5,9H2,1H3/t6-/m0/s1. The maximum absolute atomic E-state index is 10.9. The van der Waals surface area contributed by atoms with E-state index in [2.05, 4.69) is 4.74 Å². The molecule has 0 heterocycles. The minimum absolute atomic E-state index is 0.109. The zero-order valence-corrected chi connectivity index (χ0v) is 7.66. The van der Waals surface area contributed by atoms with Gasteiger partial charge in [-0.25, -0.2) is 4.79 Å². The van der Waals surface area contributed by atoms with E-state index in [9.17, 15) is 9.59 Å². The van der Waals surface area contributed by atoms with Crippen LogP contribution in [0.4, 0.5) is 0 Å². The van der Waals surface area contributed by atoms with Crippen molar-refractivity contribution in [3.05, 3.63) is 0 Å². The molecular weight excluding hydrogens is 174 g/mol. The molecule has 0 fully saturated rings. The van der Waals surface area contributed by atoms with E-state index < -0.39 is 18.0 Å². The third-order valence-electron chi connectivity index (χ3n) is 1.41. The zero-order valence-electron chi connectivity index (χ0n) is 7.66. The first kappa shape index (κ1) is 12.1. The van der Waals surface area contributed by atoms with Crippen molar-refractivity contribution in [3.8, 4) is 0 Å². The number of hydrogen-bond acceptors (Lipinski definition) is 5. The maximum Gasteiger partial charge on any atom is 0.330 e. The highest BCUT2D eigenvalue weighted by Gasteiger charge is 2.17. The van der Waals surface area contributed by atoms with Gasteiger partial charge in [-0.3, -0.25) is 4.79 Å². The van der Waals surface area contributed by atoms with Crippen molar-refractivity contribution < 1.29 is 19.4 Å². The van der Waals surface area contributed by atoms with E-state index in [0.29, 0.717) is 6.42 Å². The molecule has 0 unspecified atom stereocenters. The number of hydrogen-bond donors (Lipinski definition) is 2. The van der Waals surface area contributed by atoms with Crippen molar-refractivity contribution >= 4 is 11.9 Å². The Morgan fingerprint density at radius 2 is 2.15 bits per heavy atom. The second-order valence-corrected chi connectivity index (χ2v) is 2.66. The molecule has 0 saturated carbocycles. The van der Waals surface area contributed by atoms with Gasteiger partial charge in [-0.15, -0.1) is 0 Å². The molecule has 1 atom stereocenters. The number of ether oxygens (including phenoxy) is 1. The van der Waals surface area contributed by atoms with Gasteiger partial charge in [-0.2, -0.15) is 0 Å². The zero-order chi connectivity index (χ0) is 10.3. The number of rotatable bonds is 5. The number of aliphatic hydroxyl groups excluding tert-OH is 1. The summed E-state index contributed by atoms with van der Waals surface area (Å²) in [7, 11) is 0. The lowest BCUT2D eigenvalue weighted by molar-refractivity contribution is -0.160. The Kier molecular flexibility index (Phi) is 6.09. The molecule has 0 bridgehead atoms. The first-order valence-electron chi connectivity index (χ1n) is 4.22. The predicted octanol–water partition coefficient (Wildman–Crippen LogP) is -0.434. The third-order valence-corrected chi connectivity index (χ3v) is 1.41. The Bertz CT molecular complexity index is 181. The van der Waals surface area contributed by atoms with Crippen LogP contribution in [0.3, 0.4) is 0 Å². The van der Waals surface area contributed by atoms with Gasteiger partial charge in [0.25, 0.3) is 0 Å². The van der Waals surface area contributed by atoms with Crippen LogP contribution in [0.25, 0.3) is 0 Å². The Morgan fingerprint density at radius 3 is 2.62 bits per heavy atom. The van der Waals surface area contributed by atoms with Crippen molar-refractivity contribution in [2.24, 2.45) is 5.73 Å². The molecule has 5 nitrogen and oxygen atoms in total. The number of nitrogens with two attached hydrogens (primary N) is 1. The Balaban J connectivity index is 3.78. The van der Waals surface area contributed by atoms with Crippen LogP contribution in [0.1, 0.15) is 26.2 Å². The fraction of sp³-hybridized carbons (Fsp3) is 0.750. The van der Waals surface area contributed by atoms with Crippen LogP contribution in [-0.4, -0.2) is 29.7 Å². The molecule has 0 aromatic rings. The quantitative estimate of drug-likeness (QED) is 0.452. The van der Waals surface area contributed by atoms with Gasteiger partial charge < -0.3 is 15.6 Å². The molecule has 0 rings (SSSR count). The summed E-state index contributed by atoms with van der Waals surface area (Å²) in [5.41, 5.74) is 5.29. The average Bonchev–Trinajstić information content (AvgIpc) is 2.05. The van der Waals surface area contributed by atoms with Crippen LogP contribution in [0.2, 0.25) is 0 Å². The van der Waals surface area contributed by atoms with Crippen LogP contribution < -0.4 is 5.73 Å². The van der Waals surface area contributed by atoms with Crippen LogP contribution in [-0.2, 0) is 14.3 Å². The highest BCUT2D eigenvalue weighted by atomic mass is 16.6. The highest BCUT2D eigenvalue weighted by molar-refractivity contribution is 5.88. The molecular formula is C8H15NO4.